The first-order valence-corrected chi connectivity index (χ1v) is 23.1. The Labute approximate surface area is 398 Å². The number of hydrogen-bond acceptors (Lipinski definition) is 12. The highest BCUT2D eigenvalue weighted by Crippen LogP contribution is 2.34. The Bertz CT molecular complexity index is 2330. The molecule has 6 aromatic rings. The van der Waals surface area contributed by atoms with Crippen molar-refractivity contribution in [3.05, 3.63) is 215 Å². The molecular weight excluding hydrogens is 865 g/mol. The number of carbonyl (C=O) groups excluding carboxylic acids is 1. The van der Waals surface area contributed by atoms with E-state index in [1.165, 1.54) is 6.92 Å². The third-order valence-electron chi connectivity index (χ3n) is 11.7. The van der Waals surface area contributed by atoms with Crippen LogP contribution < -0.4 is 0 Å². The molecule has 0 amide bonds. The van der Waals surface area contributed by atoms with E-state index in [0.717, 1.165) is 33.4 Å². The highest BCUT2D eigenvalue weighted by Gasteiger charge is 2.52. The molecule has 356 valence electrons. The Balaban J connectivity index is 1.09. The molecule has 10 atom stereocenters. The van der Waals surface area contributed by atoms with Crippen LogP contribution in [0.2, 0.25) is 0 Å². The van der Waals surface area contributed by atoms with Gasteiger partial charge in [0.25, 0.3) is 0 Å². The molecule has 8 rings (SSSR count). The van der Waals surface area contributed by atoms with E-state index in [1.807, 2.05) is 182 Å². The van der Waals surface area contributed by atoms with Gasteiger partial charge in [0, 0.05) is 6.92 Å². The quantitative estimate of drug-likeness (QED) is 0.0619. The van der Waals surface area contributed by atoms with Crippen molar-refractivity contribution in [2.45, 2.75) is 108 Å². The number of carbonyl (C=O) groups is 1. The minimum atomic E-state index is -1.45. The molecule has 0 saturated carbocycles. The zero-order chi connectivity index (χ0) is 46.8. The van der Waals surface area contributed by atoms with Crippen LogP contribution in [0, 0.1) is 0 Å². The largest absolute Gasteiger partial charge is 0.454 e. The van der Waals surface area contributed by atoms with E-state index in [1.54, 1.807) is 0 Å². The number of benzene rings is 6. The van der Waals surface area contributed by atoms with Crippen molar-refractivity contribution in [1.29, 1.82) is 0 Å². The van der Waals surface area contributed by atoms with Crippen molar-refractivity contribution >= 4 is 5.97 Å². The smallest absolute Gasteiger partial charge is 0.303 e. The fourth-order valence-corrected chi connectivity index (χ4v) is 8.34. The summed E-state index contributed by atoms with van der Waals surface area (Å²) < 4.78 is 65.7. The molecule has 12 nitrogen and oxygen atoms in total. The van der Waals surface area contributed by atoms with Crippen molar-refractivity contribution in [2.24, 2.45) is 0 Å². The zero-order valence-corrected chi connectivity index (χ0v) is 38.2. The molecule has 2 fully saturated rings. The summed E-state index contributed by atoms with van der Waals surface area (Å²) in [5.41, 5.74) is 5.59. The predicted molar refractivity (Wildman–Crippen MR) is 252 cm³/mol. The molecule has 0 aliphatic carbocycles. The average Bonchev–Trinajstić information content (AvgIpc) is 3.38. The lowest BCUT2D eigenvalue weighted by molar-refractivity contribution is -0.345. The zero-order valence-electron chi connectivity index (χ0n) is 38.2. The third kappa shape index (κ3) is 14.2. The van der Waals surface area contributed by atoms with Crippen LogP contribution in [0.1, 0.15) is 40.3 Å². The number of rotatable bonds is 23. The van der Waals surface area contributed by atoms with E-state index < -0.39 is 67.4 Å². The van der Waals surface area contributed by atoms with E-state index in [4.69, 9.17) is 47.4 Å². The second-order valence-corrected chi connectivity index (χ2v) is 16.8. The molecule has 0 aromatic heterocycles. The van der Waals surface area contributed by atoms with Gasteiger partial charge in [0.2, 0.25) is 0 Å². The predicted octanol–water partition coefficient (Wildman–Crippen LogP) is 8.52. The summed E-state index contributed by atoms with van der Waals surface area (Å²) in [5, 5.41) is 11.8. The number of ether oxygens (including phenoxy) is 10. The molecule has 0 unspecified atom stereocenters. The monoisotopic (exact) mass is 924 g/mol. The summed E-state index contributed by atoms with van der Waals surface area (Å²) in [6, 6.07) is 58.6. The summed E-state index contributed by atoms with van der Waals surface area (Å²) in [6.45, 7) is 2.54. The van der Waals surface area contributed by atoms with Crippen LogP contribution in [0.15, 0.2) is 182 Å². The van der Waals surface area contributed by atoms with Gasteiger partial charge in [-0.1, -0.05) is 182 Å². The van der Waals surface area contributed by atoms with Gasteiger partial charge in [0.05, 0.1) is 52.9 Å². The number of hydrogen-bond donors (Lipinski definition) is 1. The van der Waals surface area contributed by atoms with Crippen molar-refractivity contribution in [2.75, 3.05) is 13.2 Å². The Morgan fingerprint density at radius 2 is 0.721 bits per heavy atom. The van der Waals surface area contributed by atoms with Crippen LogP contribution in [-0.2, 0) is 91.8 Å². The molecule has 1 N–H and O–H groups in total. The molecule has 6 aromatic carbocycles. The van der Waals surface area contributed by atoms with Crippen LogP contribution in [0.25, 0.3) is 0 Å². The summed E-state index contributed by atoms with van der Waals surface area (Å²) in [4.78, 5) is 13.1. The lowest BCUT2D eigenvalue weighted by Gasteiger charge is -2.47. The van der Waals surface area contributed by atoms with E-state index >= 15 is 0 Å². The molecule has 2 heterocycles. The maximum Gasteiger partial charge on any atom is 0.303 e. The summed E-state index contributed by atoms with van der Waals surface area (Å²) >= 11 is 0. The van der Waals surface area contributed by atoms with Gasteiger partial charge in [-0.3, -0.25) is 4.79 Å². The lowest BCUT2D eigenvalue weighted by Crippen LogP contribution is -2.64. The number of esters is 1. The standard InChI is InChI=1S/C56H60O12/c1-40(57)66-54-52(63-36-45-28-16-6-17-29-45)49(60-33-42-22-10-3-11-23-42)47(38-59-32-41-20-8-2-9-21-41)68-56(54)65-39-48-50(61-34-43-24-12-4-13-25-43)51(62-35-44-26-14-5-15-27-44)53(55(58)67-48)64-37-46-30-18-7-19-31-46/h2-31,47-56,58H,32-39H2,1H3/t47-,48-,49+,50-,51+,52+,53+,54-,55+,56-/m1/s1. The van der Waals surface area contributed by atoms with Gasteiger partial charge in [-0.05, 0) is 33.4 Å². The van der Waals surface area contributed by atoms with Crippen molar-refractivity contribution in [3.63, 3.8) is 0 Å². The fourth-order valence-electron chi connectivity index (χ4n) is 8.34. The van der Waals surface area contributed by atoms with Crippen LogP contribution in [0.5, 0.6) is 0 Å². The molecule has 2 aliphatic rings. The second kappa shape index (κ2) is 25.7. The number of aliphatic hydroxyl groups is 1. The molecule has 2 saturated heterocycles. The molecule has 0 spiro atoms. The molecule has 2 aliphatic heterocycles. The average molecular weight is 925 g/mol. The first-order chi connectivity index (χ1) is 33.5. The van der Waals surface area contributed by atoms with Crippen molar-refractivity contribution < 1.29 is 57.3 Å². The Kier molecular flexibility index (Phi) is 18.4. The van der Waals surface area contributed by atoms with Crippen LogP contribution in [0.4, 0.5) is 0 Å². The van der Waals surface area contributed by atoms with Gasteiger partial charge < -0.3 is 52.5 Å². The third-order valence-corrected chi connectivity index (χ3v) is 11.7. The maximum atomic E-state index is 13.1. The highest BCUT2D eigenvalue weighted by atomic mass is 16.7. The Morgan fingerprint density at radius 3 is 1.10 bits per heavy atom. The summed E-state index contributed by atoms with van der Waals surface area (Å²) in [6.07, 6.45) is -9.79. The van der Waals surface area contributed by atoms with E-state index in [9.17, 15) is 9.90 Å². The van der Waals surface area contributed by atoms with Gasteiger partial charge >= 0.3 is 5.97 Å². The first kappa shape index (κ1) is 48.8. The van der Waals surface area contributed by atoms with E-state index in [0.29, 0.717) is 6.61 Å². The van der Waals surface area contributed by atoms with Crippen LogP contribution in [0.3, 0.4) is 0 Å². The van der Waals surface area contributed by atoms with Crippen LogP contribution >= 0.6 is 0 Å². The lowest BCUT2D eigenvalue weighted by atomic mass is 9.97. The minimum Gasteiger partial charge on any atom is -0.454 e. The second-order valence-electron chi connectivity index (χ2n) is 16.8. The normalized spacial score (nSPS) is 24.9. The van der Waals surface area contributed by atoms with E-state index in [2.05, 4.69) is 0 Å². The molecule has 68 heavy (non-hydrogen) atoms. The Morgan fingerprint density at radius 1 is 0.397 bits per heavy atom. The van der Waals surface area contributed by atoms with Gasteiger partial charge in [0.15, 0.2) is 18.7 Å². The topological polar surface area (TPSA) is 130 Å². The van der Waals surface area contributed by atoms with E-state index in [-0.39, 0.29) is 46.2 Å². The van der Waals surface area contributed by atoms with Gasteiger partial charge in [-0.15, -0.1) is 0 Å². The highest BCUT2D eigenvalue weighted by molar-refractivity contribution is 5.66. The summed E-state index contributed by atoms with van der Waals surface area (Å²) in [5.74, 6) is -0.567. The Hall–Kier alpha value is -5.61. The van der Waals surface area contributed by atoms with Crippen molar-refractivity contribution in [1.82, 2.24) is 0 Å². The molecule has 12 heteroatoms. The molecule has 0 radical (unpaired) electrons. The summed E-state index contributed by atoms with van der Waals surface area (Å²) in [7, 11) is 0. The first-order valence-electron chi connectivity index (χ1n) is 23.1. The van der Waals surface area contributed by atoms with Crippen LogP contribution in [-0.4, -0.2) is 85.7 Å². The minimum absolute atomic E-state index is 0.0868. The van der Waals surface area contributed by atoms with Gasteiger partial charge in [0.1, 0.15) is 42.7 Å². The number of aliphatic hydroxyl groups excluding tert-OH is 1. The van der Waals surface area contributed by atoms with Gasteiger partial charge in [-0.2, -0.15) is 0 Å². The SMILES string of the molecule is CC(=O)O[C@H]1[C@H](OC[C@H]2O[C@H](O)[C@@H](OCc3ccccc3)[C@@H](OCc3ccccc3)[C@@H]2OCc2ccccc2)O[C@H](COCc2ccccc2)[C@H](OCc2ccccc2)[C@@H]1OCc1ccccc1. The van der Waals surface area contributed by atoms with Gasteiger partial charge in [-0.25, -0.2) is 0 Å². The molecular formula is C56H60O12. The maximum absolute atomic E-state index is 13.1. The molecule has 0 bridgehead atoms. The van der Waals surface area contributed by atoms with Crippen molar-refractivity contribution in [3.8, 4) is 0 Å². The fraction of sp³-hybridized carbons (Fsp3) is 0.339.